The standard InChI is InChI=1S/C22H32N4/c1-17(2)26(16-19-11-7-6-8-12-19)21-15-18(3)23-22(25-21)24-20-13-9-4-5-10-14-20/h6-8,11-12,15,17,20H,4-5,9-10,13-14,16H2,1-3H3,(H,23,24,25). The Morgan fingerprint density at radius 2 is 1.73 bits per heavy atom. The number of rotatable bonds is 6. The van der Waals surface area contributed by atoms with Crippen molar-refractivity contribution < 1.29 is 0 Å². The molecule has 2 aromatic rings. The fraction of sp³-hybridized carbons (Fsp3) is 0.545. The Morgan fingerprint density at radius 3 is 2.38 bits per heavy atom. The van der Waals surface area contributed by atoms with E-state index in [-0.39, 0.29) is 0 Å². The Bertz CT molecular complexity index is 676. The fourth-order valence-corrected chi connectivity index (χ4v) is 3.68. The molecule has 0 atom stereocenters. The molecule has 1 aliphatic carbocycles. The number of nitrogens with zero attached hydrogens (tertiary/aromatic N) is 3. The highest BCUT2D eigenvalue weighted by molar-refractivity contribution is 5.46. The predicted octanol–water partition coefficient (Wildman–Crippen LogP) is 5.33. The number of nitrogens with one attached hydrogen (secondary N) is 1. The molecule has 4 heteroatoms. The van der Waals surface area contributed by atoms with Gasteiger partial charge in [0.15, 0.2) is 0 Å². The van der Waals surface area contributed by atoms with E-state index in [4.69, 9.17) is 4.98 Å². The largest absolute Gasteiger partial charge is 0.351 e. The van der Waals surface area contributed by atoms with E-state index in [1.807, 2.05) is 0 Å². The van der Waals surface area contributed by atoms with Crippen LogP contribution in [0.15, 0.2) is 36.4 Å². The zero-order chi connectivity index (χ0) is 18.4. The Kier molecular flexibility index (Phi) is 6.48. The van der Waals surface area contributed by atoms with Gasteiger partial charge in [0.1, 0.15) is 5.82 Å². The third-order valence-corrected chi connectivity index (χ3v) is 5.14. The van der Waals surface area contributed by atoms with E-state index in [2.05, 4.69) is 72.4 Å². The summed E-state index contributed by atoms with van der Waals surface area (Å²) in [5.74, 6) is 1.79. The molecule has 0 bridgehead atoms. The second-order valence-electron chi connectivity index (χ2n) is 7.73. The zero-order valence-corrected chi connectivity index (χ0v) is 16.4. The van der Waals surface area contributed by atoms with Crippen LogP contribution in [0.5, 0.6) is 0 Å². The van der Waals surface area contributed by atoms with E-state index in [0.717, 1.165) is 24.0 Å². The molecule has 0 unspecified atom stereocenters. The summed E-state index contributed by atoms with van der Waals surface area (Å²) in [5.41, 5.74) is 2.32. The summed E-state index contributed by atoms with van der Waals surface area (Å²) in [4.78, 5) is 11.9. The topological polar surface area (TPSA) is 41.1 Å². The smallest absolute Gasteiger partial charge is 0.225 e. The number of hydrogen-bond donors (Lipinski definition) is 1. The van der Waals surface area contributed by atoms with Crippen molar-refractivity contribution in [2.24, 2.45) is 0 Å². The monoisotopic (exact) mass is 352 g/mol. The summed E-state index contributed by atoms with van der Waals surface area (Å²) in [6.07, 6.45) is 7.78. The maximum Gasteiger partial charge on any atom is 0.225 e. The molecule has 0 spiro atoms. The van der Waals surface area contributed by atoms with Gasteiger partial charge in [-0.15, -0.1) is 0 Å². The van der Waals surface area contributed by atoms with Gasteiger partial charge in [-0.3, -0.25) is 0 Å². The van der Waals surface area contributed by atoms with E-state index in [0.29, 0.717) is 12.1 Å². The first-order chi connectivity index (χ1) is 12.6. The summed E-state index contributed by atoms with van der Waals surface area (Å²) in [5, 5.41) is 3.61. The average Bonchev–Trinajstić information content (AvgIpc) is 2.88. The van der Waals surface area contributed by atoms with Crippen LogP contribution >= 0.6 is 0 Å². The first-order valence-electron chi connectivity index (χ1n) is 10.0. The molecular weight excluding hydrogens is 320 g/mol. The summed E-state index contributed by atoms with van der Waals surface area (Å²) in [7, 11) is 0. The van der Waals surface area contributed by atoms with Gasteiger partial charge in [-0.05, 0) is 39.2 Å². The molecule has 140 valence electrons. The second kappa shape index (κ2) is 9.02. The van der Waals surface area contributed by atoms with Crippen molar-refractivity contribution in [2.45, 2.75) is 77.9 Å². The first-order valence-corrected chi connectivity index (χ1v) is 10.0. The summed E-state index contributed by atoms with van der Waals surface area (Å²) in [6.45, 7) is 7.36. The number of aromatic nitrogens is 2. The van der Waals surface area contributed by atoms with Crippen LogP contribution < -0.4 is 10.2 Å². The minimum atomic E-state index is 0.371. The molecule has 4 nitrogen and oxygen atoms in total. The van der Waals surface area contributed by atoms with Gasteiger partial charge >= 0.3 is 0 Å². The van der Waals surface area contributed by atoms with Crippen molar-refractivity contribution in [1.82, 2.24) is 9.97 Å². The molecule has 1 heterocycles. The third kappa shape index (κ3) is 5.20. The van der Waals surface area contributed by atoms with Crippen molar-refractivity contribution in [3.63, 3.8) is 0 Å². The van der Waals surface area contributed by atoms with Gasteiger partial charge in [0.25, 0.3) is 0 Å². The van der Waals surface area contributed by atoms with Gasteiger partial charge in [-0.2, -0.15) is 4.98 Å². The maximum absolute atomic E-state index is 4.88. The molecular formula is C22H32N4. The number of hydrogen-bond acceptors (Lipinski definition) is 4. The van der Waals surface area contributed by atoms with Crippen LogP contribution in [-0.4, -0.2) is 22.1 Å². The number of benzene rings is 1. The van der Waals surface area contributed by atoms with E-state index >= 15 is 0 Å². The Balaban J connectivity index is 1.79. The van der Waals surface area contributed by atoms with Crippen molar-refractivity contribution >= 4 is 11.8 Å². The molecule has 1 aromatic heterocycles. The lowest BCUT2D eigenvalue weighted by Gasteiger charge is -2.29. The lowest BCUT2D eigenvalue weighted by Crippen LogP contribution is -2.31. The van der Waals surface area contributed by atoms with Gasteiger partial charge in [0.2, 0.25) is 5.95 Å². The Hall–Kier alpha value is -2.10. The summed E-state index contributed by atoms with van der Waals surface area (Å²) < 4.78 is 0. The van der Waals surface area contributed by atoms with E-state index < -0.39 is 0 Å². The maximum atomic E-state index is 4.88. The van der Waals surface area contributed by atoms with Crippen molar-refractivity contribution in [3.8, 4) is 0 Å². The Morgan fingerprint density at radius 1 is 1.04 bits per heavy atom. The Labute approximate surface area is 158 Å². The van der Waals surface area contributed by atoms with Gasteiger partial charge < -0.3 is 10.2 Å². The summed E-state index contributed by atoms with van der Waals surface area (Å²) in [6, 6.07) is 13.6. The molecule has 0 aliphatic heterocycles. The number of aryl methyl sites for hydroxylation is 1. The molecule has 3 rings (SSSR count). The van der Waals surface area contributed by atoms with Crippen LogP contribution in [0.1, 0.15) is 63.6 Å². The minimum Gasteiger partial charge on any atom is -0.351 e. The highest BCUT2D eigenvalue weighted by Crippen LogP contribution is 2.23. The first kappa shape index (κ1) is 18.7. The fourth-order valence-electron chi connectivity index (χ4n) is 3.68. The average molecular weight is 353 g/mol. The van der Waals surface area contributed by atoms with Crippen LogP contribution in [0, 0.1) is 6.92 Å². The van der Waals surface area contributed by atoms with Crippen LogP contribution in [0.3, 0.4) is 0 Å². The van der Waals surface area contributed by atoms with Gasteiger partial charge in [-0.25, -0.2) is 4.98 Å². The second-order valence-corrected chi connectivity index (χ2v) is 7.73. The highest BCUT2D eigenvalue weighted by atomic mass is 15.2. The molecule has 0 saturated heterocycles. The van der Waals surface area contributed by atoms with Crippen LogP contribution in [0.4, 0.5) is 11.8 Å². The van der Waals surface area contributed by atoms with E-state index in [1.165, 1.54) is 44.1 Å². The van der Waals surface area contributed by atoms with Gasteiger partial charge in [0.05, 0.1) is 0 Å². The minimum absolute atomic E-state index is 0.371. The van der Waals surface area contributed by atoms with Crippen LogP contribution in [0.2, 0.25) is 0 Å². The molecule has 1 fully saturated rings. The van der Waals surface area contributed by atoms with Crippen molar-refractivity contribution in [3.05, 3.63) is 47.7 Å². The third-order valence-electron chi connectivity index (χ3n) is 5.14. The molecule has 1 saturated carbocycles. The summed E-state index contributed by atoms with van der Waals surface area (Å²) >= 11 is 0. The van der Waals surface area contributed by atoms with Gasteiger partial charge in [0, 0.05) is 30.4 Å². The lowest BCUT2D eigenvalue weighted by atomic mass is 10.1. The zero-order valence-electron chi connectivity index (χ0n) is 16.4. The molecule has 0 radical (unpaired) electrons. The van der Waals surface area contributed by atoms with Crippen LogP contribution in [-0.2, 0) is 6.54 Å². The molecule has 0 amide bonds. The number of anilines is 2. The van der Waals surface area contributed by atoms with Crippen molar-refractivity contribution in [2.75, 3.05) is 10.2 Å². The predicted molar refractivity (Wildman–Crippen MR) is 110 cm³/mol. The SMILES string of the molecule is Cc1cc(N(Cc2ccccc2)C(C)C)nc(NC2CCCCCC2)n1. The molecule has 26 heavy (non-hydrogen) atoms. The normalized spacial score (nSPS) is 15.7. The van der Waals surface area contributed by atoms with Gasteiger partial charge in [-0.1, -0.05) is 56.0 Å². The molecule has 1 aliphatic rings. The quantitative estimate of drug-likeness (QED) is 0.713. The van der Waals surface area contributed by atoms with E-state index in [1.54, 1.807) is 0 Å². The molecule has 1 N–H and O–H groups in total. The molecule has 1 aromatic carbocycles. The highest BCUT2D eigenvalue weighted by Gasteiger charge is 2.17. The lowest BCUT2D eigenvalue weighted by molar-refractivity contribution is 0.613. The van der Waals surface area contributed by atoms with Crippen molar-refractivity contribution in [1.29, 1.82) is 0 Å². The van der Waals surface area contributed by atoms with E-state index in [9.17, 15) is 0 Å². The van der Waals surface area contributed by atoms with Crippen LogP contribution in [0.25, 0.3) is 0 Å².